The summed E-state index contributed by atoms with van der Waals surface area (Å²) in [7, 11) is -3.40. The van der Waals surface area contributed by atoms with Crippen LogP contribution in [0.5, 0.6) is 0 Å². The zero-order chi connectivity index (χ0) is 22.6. The fourth-order valence-electron chi connectivity index (χ4n) is 5.82. The fraction of sp³-hybridized carbons (Fsp3) is 0.720. The molecule has 1 radical (unpaired) electrons. The molecule has 1 aliphatic heterocycles. The molecule has 1 aliphatic carbocycles. The van der Waals surface area contributed by atoms with Crippen molar-refractivity contribution in [2.75, 3.05) is 13.2 Å². The van der Waals surface area contributed by atoms with Crippen LogP contribution in [-0.4, -0.2) is 35.2 Å². The van der Waals surface area contributed by atoms with E-state index >= 15 is 0 Å². The average molecular weight is 498 g/mol. The van der Waals surface area contributed by atoms with Gasteiger partial charge in [0, 0.05) is 13.2 Å². The molecule has 2 aliphatic rings. The number of nitrogens with zero attached hydrogens (tertiary/aromatic N) is 2. The molecule has 0 amide bonds. The van der Waals surface area contributed by atoms with Crippen molar-refractivity contribution in [1.82, 2.24) is 0 Å². The van der Waals surface area contributed by atoms with Gasteiger partial charge in [-0.1, -0.05) is 113 Å². The Kier molecular flexibility index (Phi) is 11.1. The molecular weight excluding hydrogens is 452 g/mol. The number of hydrogen-bond donors (Lipinski definition) is 0. The summed E-state index contributed by atoms with van der Waals surface area (Å²) in [4.78, 5) is 10.6. The van der Waals surface area contributed by atoms with Gasteiger partial charge in [0.05, 0.1) is 0 Å². The smallest absolute Gasteiger partial charge is 0.688 e. The number of ether oxygens (including phenoxy) is 1. The molecule has 0 aromatic heterocycles. The zero-order valence-electron chi connectivity index (χ0n) is 21.4. The first-order valence-corrected chi connectivity index (χ1v) is 17.8. The van der Waals surface area contributed by atoms with E-state index in [1.165, 1.54) is 19.3 Å². The summed E-state index contributed by atoms with van der Waals surface area (Å²) in [6.45, 7) is 23.4. The van der Waals surface area contributed by atoms with Crippen molar-refractivity contribution < 1.29 is 22.1 Å². The maximum atomic E-state index is 5.33. The third-order valence-electron chi connectivity index (χ3n) is 6.45. The normalized spacial score (nSPS) is 24.9. The van der Waals surface area contributed by atoms with E-state index in [0.717, 1.165) is 24.8 Å². The molecule has 0 N–H and O–H groups in total. The zero-order valence-corrected chi connectivity index (χ0v) is 24.6. The van der Waals surface area contributed by atoms with E-state index < -0.39 is 16.5 Å². The molecule has 1 saturated heterocycles. The summed E-state index contributed by atoms with van der Waals surface area (Å²) >= 11 is 0. The van der Waals surface area contributed by atoms with Crippen molar-refractivity contribution in [3.63, 3.8) is 0 Å². The van der Waals surface area contributed by atoms with Gasteiger partial charge < -0.3 is 20.6 Å². The van der Waals surface area contributed by atoms with Crippen LogP contribution in [0, 0.1) is 11.8 Å². The first kappa shape index (κ1) is 28.9. The van der Waals surface area contributed by atoms with E-state index in [0.29, 0.717) is 11.1 Å². The molecule has 0 spiro atoms. The molecule has 3 atom stereocenters. The van der Waals surface area contributed by atoms with Crippen LogP contribution in [0.1, 0.15) is 53.9 Å². The summed E-state index contributed by atoms with van der Waals surface area (Å²) in [5, 5.41) is 0. The van der Waals surface area contributed by atoms with Gasteiger partial charge in [0.2, 0.25) is 0 Å². The minimum Gasteiger partial charge on any atom is -0.688 e. The van der Waals surface area contributed by atoms with Crippen LogP contribution in [0.3, 0.4) is 0 Å². The van der Waals surface area contributed by atoms with Crippen LogP contribution >= 0.6 is 0 Å². The van der Waals surface area contributed by atoms with E-state index in [1.807, 2.05) is 0 Å². The summed E-state index contributed by atoms with van der Waals surface area (Å²) in [6, 6.07) is 10.6. The molecule has 3 unspecified atom stereocenters. The van der Waals surface area contributed by atoms with E-state index in [1.54, 1.807) is 5.92 Å². The second kappa shape index (κ2) is 11.9. The summed E-state index contributed by atoms with van der Waals surface area (Å²) < 4.78 is 4.94. The molecule has 1 heterocycles. The fourth-order valence-corrected chi connectivity index (χ4v) is 13.9. The molecule has 175 valence electrons. The molecule has 2 fully saturated rings. The van der Waals surface area contributed by atoms with Crippen LogP contribution in [0.15, 0.2) is 30.3 Å². The number of benzene rings is 1. The first-order valence-electron chi connectivity index (χ1n) is 11.8. The molecule has 0 bridgehead atoms. The van der Waals surface area contributed by atoms with E-state index in [-0.39, 0.29) is 22.9 Å². The van der Waals surface area contributed by atoms with Crippen molar-refractivity contribution in [3.8, 4) is 0 Å². The maximum Gasteiger partial charge on any atom is 3.00 e. The second-order valence-electron chi connectivity index (χ2n) is 11.3. The predicted molar refractivity (Wildman–Crippen MR) is 138 cm³/mol. The maximum absolute atomic E-state index is 5.33. The van der Waals surface area contributed by atoms with Crippen molar-refractivity contribution in [2.45, 2.75) is 96.7 Å². The van der Waals surface area contributed by atoms with E-state index in [4.69, 9.17) is 14.7 Å². The Labute approximate surface area is 205 Å². The van der Waals surface area contributed by atoms with Gasteiger partial charge in [-0.2, -0.15) is 18.0 Å². The third kappa shape index (κ3) is 8.64. The minimum absolute atomic E-state index is 0. The van der Waals surface area contributed by atoms with Crippen LogP contribution in [-0.2, 0) is 22.1 Å². The van der Waals surface area contributed by atoms with Crippen molar-refractivity contribution >= 4 is 22.2 Å². The Morgan fingerprint density at radius 2 is 1.52 bits per heavy atom. The summed E-state index contributed by atoms with van der Waals surface area (Å²) in [5.41, 5.74) is 2.58. The van der Waals surface area contributed by atoms with Gasteiger partial charge in [-0.3, -0.25) is 0 Å². The minimum atomic E-state index is -1.73. The molecule has 1 aromatic carbocycles. The number of rotatable bonds is 5. The third-order valence-corrected chi connectivity index (χ3v) is 13.5. The monoisotopic (exact) mass is 497 g/mol. The summed E-state index contributed by atoms with van der Waals surface area (Å²) in [6.07, 6.45) is 3.85. The average Bonchev–Trinajstić information content (AvgIpc) is 3.25. The van der Waals surface area contributed by atoms with Crippen LogP contribution in [0.4, 0.5) is 5.69 Å². The molecular formula is C25H45CrN2OSi2. The Morgan fingerprint density at radius 3 is 1.97 bits per heavy atom. The van der Waals surface area contributed by atoms with Gasteiger partial charge in [0.25, 0.3) is 0 Å². The number of hydrogen-bond acceptors (Lipinski definition) is 1. The van der Waals surface area contributed by atoms with Gasteiger partial charge in [0.1, 0.15) is 0 Å². The Balaban J connectivity index is 0.000000701. The Morgan fingerprint density at radius 1 is 0.968 bits per heavy atom. The molecule has 1 saturated carbocycles. The quantitative estimate of drug-likeness (QED) is 0.297. The van der Waals surface area contributed by atoms with Crippen molar-refractivity contribution in [3.05, 3.63) is 46.2 Å². The van der Waals surface area contributed by atoms with Gasteiger partial charge in [-0.25, -0.2) is 0 Å². The van der Waals surface area contributed by atoms with Crippen LogP contribution in [0.2, 0.25) is 37.3 Å². The van der Waals surface area contributed by atoms with E-state index in [2.05, 4.69) is 91.1 Å². The Hall–Kier alpha value is -0.0938. The van der Waals surface area contributed by atoms with Gasteiger partial charge in [-0.15, -0.1) is 11.2 Å². The predicted octanol–water partition coefficient (Wildman–Crippen LogP) is 8.44. The Bertz CT molecular complexity index is 637. The van der Waals surface area contributed by atoms with Crippen molar-refractivity contribution in [1.29, 1.82) is 0 Å². The van der Waals surface area contributed by atoms with Gasteiger partial charge in [0.15, 0.2) is 0 Å². The van der Waals surface area contributed by atoms with Crippen molar-refractivity contribution in [2.24, 2.45) is 5.92 Å². The standard InChI is InChI=1S/C21H37N2Si2.C4H8O.Cr/c1-16-15-19(24(6,7)22-18-13-11-10-12-14-18)17(2)20(16)25(8,9)23-21(3,4)5;1-2-4-5-3-1;/h10-14,16,19-20H,15H2,1-9H3;1-4H2;/q-3;;+3. The molecule has 3 rings (SSSR count). The first-order chi connectivity index (χ1) is 13.8. The van der Waals surface area contributed by atoms with Crippen LogP contribution in [0.25, 0.3) is 9.96 Å². The summed E-state index contributed by atoms with van der Waals surface area (Å²) in [5.74, 6) is 2.43. The largest absolute Gasteiger partial charge is 3.00 e. The molecule has 6 heteroatoms. The van der Waals surface area contributed by atoms with Gasteiger partial charge in [-0.05, 0) is 12.8 Å². The molecule has 1 aromatic rings. The molecule has 3 nitrogen and oxygen atoms in total. The topological polar surface area (TPSA) is 37.4 Å². The molecule has 31 heavy (non-hydrogen) atoms. The SMILES string of the molecule is C1CCOC1.C[C-]1C([Si](C)(C)[N-]c2ccccc2)CC(C)C1[Si](C)(C)[N-]C(C)(C)C.[Cr+3]. The second-order valence-corrected chi connectivity index (χ2v) is 19.7. The van der Waals surface area contributed by atoms with E-state index in [9.17, 15) is 0 Å². The van der Waals surface area contributed by atoms with Gasteiger partial charge >= 0.3 is 17.4 Å². The van der Waals surface area contributed by atoms with Crippen LogP contribution < -0.4 is 0 Å².